The Morgan fingerprint density at radius 1 is 1.69 bits per heavy atom. The molecule has 0 radical (unpaired) electrons. The Morgan fingerprint density at radius 2 is 2.54 bits per heavy atom. The second-order valence-corrected chi connectivity index (χ2v) is 4.89. The van der Waals surface area contributed by atoms with Crippen LogP contribution in [0, 0.1) is 0 Å². The summed E-state index contributed by atoms with van der Waals surface area (Å²) in [5.41, 5.74) is 5.69. The van der Waals surface area contributed by atoms with Gasteiger partial charge in [0.05, 0.1) is 11.9 Å². The summed E-state index contributed by atoms with van der Waals surface area (Å²) in [6.45, 7) is 1.50. The molecule has 0 saturated heterocycles. The average Bonchev–Trinajstić information content (AvgIpc) is 2.65. The van der Waals surface area contributed by atoms with Crippen LogP contribution in [0.3, 0.4) is 0 Å². The first-order valence-electron chi connectivity index (χ1n) is 4.22. The van der Waals surface area contributed by atoms with Gasteiger partial charge in [0.15, 0.2) is 0 Å². The van der Waals surface area contributed by atoms with E-state index < -0.39 is 0 Å². The summed E-state index contributed by atoms with van der Waals surface area (Å²) in [6, 6.07) is 4.21. The molecule has 2 N–H and O–H groups in total. The van der Waals surface area contributed by atoms with Gasteiger partial charge >= 0.3 is 0 Å². The van der Waals surface area contributed by atoms with Gasteiger partial charge in [-0.25, -0.2) is 0 Å². The van der Waals surface area contributed by atoms with E-state index in [1.54, 1.807) is 18.4 Å². The topological polar surface area (TPSA) is 35.2 Å². The van der Waals surface area contributed by atoms with Gasteiger partial charge in [-0.05, 0) is 11.4 Å². The minimum atomic E-state index is 0.440. The number of ether oxygens (including phenoxy) is 1. The molecule has 13 heavy (non-hydrogen) atoms. The Bertz CT molecular complexity index is 213. The Labute approximate surface area is 87.5 Å². The molecule has 1 rings (SSSR count). The van der Waals surface area contributed by atoms with E-state index in [4.69, 9.17) is 10.5 Å². The highest BCUT2D eigenvalue weighted by atomic mass is 32.2. The predicted octanol–water partition coefficient (Wildman–Crippen LogP) is 2.13. The van der Waals surface area contributed by atoms with Gasteiger partial charge in [0.25, 0.3) is 0 Å². The minimum Gasteiger partial charge on any atom is -0.384 e. The fourth-order valence-electron chi connectivity index (χ4n) is 1.01. The maximum absolute atomic E-state index is 5.69. The summed E-state index contributed by atoms with van der Waals surface area (Å²) in [4.78, 5) is 1.36. The second-order valence-electron chi connectivity index (χ2n) is 2.60. The van der Waals surface area contributed by atoms with E-state index in [-0.39, 0.29) is 0 Å². The van der Waals surface area contributed by atoms with Crippen molar-refractivity contribution in [3.8, 4) is 0 Å². The number of thioether (sulfide) groups is 1. The van der Waals surface area contributed by atoms with Crippen LogP contribution in [-0.4, -0.2) is 26.0 Å². The van der Waals surface area contributed by atoms with Crippen LogP contribution in [0.15, 0.2) is 17.5 Å². The smallest absolute Gasteiger partial charge is 0.0553 e. The van der Waals surface area contributed by atoms with Gasteiger partial charge in [0, 0.05) is 24.3 Å². The Morgan fingerprint density at radius 3 is 3.08 bits per heavy atom. The van der Waals surface area contributed by atoms with E-state index >= 15 is 0 Å². The van der Waals surface area contributed by atoms with Crippen molar-refractivity contribution in [3.63, 3.8) is 0 Å². The molecule has 0 saturated carbocycles. The SMILES string of the molecule is COCCSC(CN)c1cccs1. The van der Waals surface area contributed by atoms with Gasteiger partial charge < -0.3 is 10.5 Å². The third kappa shape index (κ3) is 3.68. The average molecular weight is 217 g/mol. The first-order chi connectivity index (χ1) is 6.38. The van der Waals surface area contributed by atoms with Crippen molar-refractivity contribution in [1.82, 2.24) is 0 Å². The molecule has 0 fully saturated rings. The lowest BCUT2D eigenvalue weighted by molar-refractivity contribution is 0.218. The lowest BCUT2D eigenvalue weighted by atomic mass is 10.3. The van der Waals surface area contributed by atoms with Crippen LogP contribution in [-0.2, 0) is 4.74 Å². The summed E-state index contributed by atoms with van der Waals surface area (Å²) in [5.74, 6) is 1.01. The van der Waals surface area contributed by atoms with E-state index in [2.05, 4.69) is 17.5 Å². The van der Waals surface area contributed by atoms with Gasteiger partial charge in [0.2, 0.25) is 0 Å². The maximum atomic E-state index is 5.69. The Hall–Kier alpha value is -0.0300. The zero-order valence-electron chi connectivity index (χ0n) is 7.73. The first kappa shape index (κ1) is 11.0. The largest absolute Gasteiger partial charge is 0.384 e. The van der Waals surface area contributed by atoms with Crippen molar-refractivity contribution in [2.24, 2.45) is 5.73 Å². The van der Waals surface area contributed by atoms with Crippen LogP contribution in [0.5, 0.6) is 0 Å². The highest BCUT2D eigenvalue weighted by Crippen LogP contribution is 2.30. The molecule has 0 bridgehead atoms. The number of methoxy groups -OCH3 is 1. The van der Waals surface area contributed by atoms with E-state index in [0.29, 0.717) is 11.8 Å². The molecule has 2 nitrogen and oxygen atoms in total. The Kier molecular flexibility index (Phi) is 5.46. The molecule has 0 aliphatic carbocycles. The molecule has 1 aromatic rings. The monoisotopic (exact) mass is 217 g/mol. The molecule has 1 unspecified atom stereocenters. The molecule has 0 aliphatic rings. The Balaban J connectivity index is 2.35. The summed E-state index contributed by atoms with van der Waals surface area (Å²) in [5, 5.41) is 2.53. The molecule has 0 aromatic carbocycles. The first-order valence-corrected chi connectivity index (χ1v) is 6.15. The summed E-state index contributed by atoms with van der Waals surface area (Å²) >= 11 is 3.64. The lowest BCUT2D eigenvalue weighted by Gasteiger charge is -2.11. The van der Waals surface area contributed by atoms with Gasteiger partial charge in [0.1, 0.15) is 0 Å². The van der Waals surface area contributed by atoms with Crippen LogP contribution in [0.4, 0.5) is 0 Å². The van der Waals surface area contributed by atoms with E-state index in [1.165, 1.54) is 4.88 Å². The highest BCUT2D eigenvalue weighted by Gasteiger charge is 2.10. The van der Waals surface area contributed by atoms with Crippen molar-refractivity contribution in [1.29, 1.82) is 0 Å². The van der Waals surface area contributed by atoms with Crippen LogP contribution in [0.25, 0.3) is 0 Å². The fraction of sp³-hybridized carbons (Fsp3) is 0.556. The van der Waals surface area contributed by atoms with Gasteiger partial charge in [-0.15, -0.1) is 23.1 Å². The molecule has 4 heteroatoms. The van der Waals surface area contributed by atoms with Gasteiger partial charge in [-0.3, -0.25) is 0 Å². The maximum Gasteiger partial charge on any atom is 0.0553 e. The zero-order valence-corrected chi connectivity index (χ0v) is 9.37. The zero-order chi connectivity index (χ0) is 9.52. The fourth-order valence-corrected chi connectivity index (χ4v) is 3.03. The number of hydrogen-bond donors (Lipinski definition) is 1. The third-order valence-electron chi connectivity index (χ3n) is 1.68. The molecule has 1 atom stereocenters. The quantitative estimate of drug-likeness (QED) is 0.741. The molecule has 0 spiro atoms. The molecule has 0 aliphatic heterocycles. The third-order valence-corrected chi connectivity index (χ3v) is 4.07. The van der Waals surface area contributed by atoms with Crippen molar-refractivity contribution in [2.75, 3.05) is 26.0 Å². The van der Waals surface area contributed by atoms with Crippen molar-refractivity contribution >= 4 is 23.1 Å². The molecule has 1 heterocycles. The summed E-state index contributed by atoms with van der Waals surface area (Å²) < 4.78 is 5.00. The predicted molar refractivity (Wildman–Crippen MR) is 60.4 cm³/mol. The van der Waals surface area contributed by atoms with Crippen LogP contribution in [0.1, 0.15) is 10.1 Å². The van der Waals surface area contributed by atoms with Crippen LogP contribution < -0.4 is 5.73 Å². The number of thiophene rings is 1. The van der Waals surface area contributed by atoms with Gasteiger partial charge in [-0.2, -0.15) is 0 Å². The minimum absolute atomic E-state index is 0.440. The van der Waals surface area contributed by atoms with E-state index in [0.717, 1.165) is 12.4 Å². The van der Waals surface area contributed by atoms with Crippen molar-refractivity contribution in [2.45, 2.75) is 5.25 Å². The molecule has 74 valence electrons. The number of hydrogen-bond acceptors (Lipinski definition) is 4. The van der Waals surface area contributed by atoms with E-state index in [9.17, 15) is 0 Å². The van der Waals surface area contributed by atoms with Crippen LogP contribution >= 0.6 is 23.1 Å². The van der Waals surface area contributed by atoms with Crippen molar-refractivity contribution in [3.05, 3.63) is 22.4 Å². The molecule has 1 aromatic heterocycles. The lowest BCUT2D eigenvalue weighted by Crippen LogP contribution is -2.09. The second kappa shape index (κ2) is 6.43. The highest BCUT2D eigenvalue weighted by molar-refractivity contribution is 7.99. The number of rotatable bonds is 6. The van der Waals surface area contributed by atoms with Crippen molar-refractivity contribution < 1.29 is 4.74 Å². The summed E-state index contributed by atoms with van der Waals surface area (Å²) in [6.07, 6.45) is 0. The summed E-state index contributed by atoms with van der Waals surface area (Å²) in [7, 11) is 1.73. The van der Waals surface area contributed by atoms with Gasteiger partial charge in [-0.1, -0.05) is 6.07 Å². The van der Waals surface area contributed by atoms with Crippen LogP contribution in [0.2, 0.25) is 0 Å². The molecule has 0 amide bonds. The molecular formula is C9H15NOS2. The molecular weight excluding hydrogens is 202 g/mol. The van der Waals surface area contributed by atoms with E-state index in [1.807, 2.05) is 11.8 Å². The number of nitrogens with two attached hydrogens (primary N) is 1. The normalized spacial score (nSPS) is 13.1. The standard InChI is InChI=1S/C9H15NOS2/c1-11-4-6-13-9(7-10)8-3-2-5-12-8/h2-3,5,9H,4,6-7,10H2,1H3.